The van der Waals surface area contributed by atoms with Gasteiger partial charge >= 0.3 is 6.03 Å². The number of carbonyl (C=O) groups is 1. The molecule has 1 aromatic carbocycles. The number of imidazole rings is 1. The molecule has 2 aromatic rings. The van der Waals surface area contributed by atoms with E-state index < -0.39 is 0 Å². The molecule has 1 aromatic heterocycles. The smallest absolute Gasteiger partial charge is 0.315 e. The predicted molar refractivity (Wildman–Crippen MR) is 83.3 cm³/mol. The van der Waals surface area contributed by atoms with Crippen LogP contribution in [0, 0.1) is 6.92 Å². The Morgan fingerprint density at radius 2 is 2.05 bits per heavy atom. The molecule has 0 aliphatic rings. The first-order chi connectivity index (χ1) is 10.1. The molecular weight excluding hydrogens is 288 g/mol. The third kappa shape index (κ3) is 5.11. The molecule has 0 bridgehead atoms. The van der Waals surface area contributed by atoms with Crippen molar-refractivity contribution in [3.8, 4) is 0 Å². The lowest BCUT2D eigenvalue weighted by atomic mass is 10.2. The first-order valence-electron chi connectivity index (χ1n) is 6.89. The lowest BCUT2D eigenvalue weighted by molar-refractivity contribution is 0.240. The molecule has 0 radical (unpaired) electrons. The van der Waals surface area contributed by atoms with E-state index in [2.05, 4.69) is 20.2 Å². The molecule has 21 heavy (non-hydrogen) atoms. The second-order valence-electron chi connectivity index (χ2n) is 4.76. The highest BCUT2D eigenvalue weighted by Gasteiger charge is 2.01. The van der Waals surface area contributed by atoms with Gasteiger partial charge in [-0.25, -0.2) is 9.78 Å². The van der Waals surface area contributed by atoms with Gasteiger partial charge in [0.15, 0.2) is 0 Å². The number of amides is 2. The number of aryl methyl sites for hydroxylation is 2. The molecule has 0 aliphatic heterocycles. The number of carbonyl (C=O) groups excluding carboxylic acids is 1. The predicted octanol–water partition coefficient (Wildman–Crippen LogP) is 2.73. The molecule has 2 amide bonds. The molecule has 2 rings (SSSR count). The number of rotatable bonds is 6. The first-order valence-corrected chi connectivity index (χ1v) is 7.27. The Balaban J connectivity index is 1.61. The van der Waals surface area contributed by atoms with E-state index in [1.165, 1.54) is 0 Å². The molecule has 0 saturated carbocycles. The lowest BCUT2D eigenvalue weighted by Crippen LogP contribution is -2.35. The van der Waals surface area contributed by atoms with Crippen LogP contribution in [0.25, 0.3) is 0 Å². The van der Waals surface area contributed by atoms with Crippen LogP contribution < -0.4 is 10.6 Å². The highest BCUT2D eigenvalue weighted by Crippen LogP contribution is 2.08. The van der Waals surface area contributed by atoms with E-state index >= 15 is 0 Å². The van der Waals surface area contributed by atoms with Gasteiger partial charge in [0.25, 0.3) is 0 Å². The number of halogens is 1. The van der Waals surface area contributed by atoms with Gasteiger partial charge in [-0.15, -0.1) is 0 Å². The number of hydrogen-bond donors (Lipinski definition) is 2. The summed E-state index contributed by atoms with van der Waals surface area (Å²) in [5, 5.41) is 6.34. The van der Waals surface area contributed by atoms with Crippen LogP contribution >= 0.6 is 11.6 Å². The lowest BCUT2D eigenvalue weighted by Gasteiger charge is -2.08. The molecule has 5 nitrogen and oxygen atoms in total. The number of aromatic nitrogens is 2. The van der Waals surface area contributed by atoms with E-state index in [1.807, 2.05) is 37.4 Å². The largest absolute Gasteiger partial charge is 0.338 e. The summed E-state index contributed by atoms with van der Waals surface area (Å²) in [5.41, 5.74) is 1.02. The van der Waals surface area contributed by atoms with E-state index in [4.69, 9.17) is 11.6 Å². The van der Waals surface area contributed by atoms with Gasteiger partial charge in [0.05, 0.1) is 0 Å². The van der Waals surface area contributed by atoms with Crippen molar-refractivity contribution in [3.05, 3.63) is 53.1 Å². The van der Waals surface area contributed by atoms with Crippen molar-refractivity contribution in [2.45, 2.75) is 26.4 Å². The monoisotopic (exact) mass is 306 g/mol. The Hall–Kier alpha value is -2.01. The topological polar surface area (TPSA) is 59.0 Å². The van der Waals surface area contributed by atoms with Crippen LogP contribution in [0.3, 0.4) is 0 Å². The Labute approximate surface area is 129 Å². The van der Waals surface area contributed by atoms with Gasteiger partial charge in [-0.3, -0.25) is 0 Å². The van der Waals surface area contributed by atoms with Gasteiger partial charge in [0, 0.05) is 37.1 Å². The third-order valence-corrected chi connectivity index (χ3v) is 3.40. The second kappa shape index (κ2) is 7.69. The van der Waals surface area contributed by atoms with Crippen LogP contribution in [0.5, 0.6) is 0 Å². The standard InChI is InChI=1S/C15H19ClN4O/c1-12-17-8-10-20(12)9-2-7-18-15(21)19-11-13-3-5-14(16)6-4-13/h3-6,8,10H,2,7,9,11H2,1H3,(H2,18,19,21). The first kappa shape index (κ1) is 15.4. The summed E-state index contributed by atoms with van der Waals surface area (Å²) in [6.45, 7) is 3.93. The van der Waals surface area contributed by atoms with Crippen LogP contribution in [0.1, 0.15) is 17.8 Å². The van der Waals surface area contributed by atoms with Gasteiger partial charge < -0.3 is 15.2 Å². The molecule has 6 heteroatoms. The maximum atomic E-state index is 11.6. The van der Waals surface area contributed by atoms with E-state index in [0.717, 1.165) is 24.4 Å². The quantitative estimate of drug-likeness (QED) is 0.806. The van der Waals surface area contributed by atoms with Crippen molar-refractivity contribution in [1.82, 2.24) is 20.2 Å². The van der Waals surface area contributed by atoms with Gasteiger partial charge in [0.2, 0.25) is 0 Å². The average Bonchev–Trinajstić information content (AvgIpc) is 2.88. The molecule has 0 unspecified atom stereocenters. The zero-order chi connectivity index (χ0) is 15.1. The highest BCUT2D eigenvalue weighted by molar-refractivity contribution is 6.30. The number of nitrogens with one attached hydrogen (secondary N) is 2. The molecular formula is C15H19ClN4O. The minimum atomic E-state index is -0.160. The minimum absolute atomic E-state index is 0.160. The van der Waals surface area contributed by atoms with Crippen LogP contribution in [-0.4, -0.2) is 22.1 Å². The zero-order valence-electron chi connectivity index (χ0n) is 12.0. The molecule has 112 valence electrons. The molecule has 0 aliphatic carbocycles. The van der Waals surface area contributed by atoms with E-state index in [1.54, 1.807) is 6.20 Å². The zero-order valence-corrected chi connectivity index (χ0v) is 12.7. The van der Waals surface area contributed by atoms with Crippen molar-refractivity contribution in [2.75, 3.05) is 6.54 Å². The molecule has 0 fully saturated rings. The normalized spacial score (nSPS) is 10.4. The minimum Gasteiger partial charge on any atom is -0.338 e. The fraction of sp³-hybridized carbons (Fsp3) is 0.333. The molecule has 1 heterocycles. The van der Waals surface area contributed by atoms with Crippen molar-refractivity contribution < 1.29 is 4.79 Å². The Bertz CT molecular complexity index is 580. The maximum Gasteiger partial charge on any atom is 0.315 e. The summed E-state index contributed by atoms with van der Waals surface area (Å²) in [5.74, 6) is 0.988. The fourth-order valence-electron chi connectivity index (χ4n) is 1.94. The van der Waals surface area contributed by atoms with Crippen molar-refractivity contribution in [1.29, 1.82) is 0 Å². The summed E-state index contributed by atoms with van der Waals surface area (Å²) >= 11 is 5.81. The molecule has 0 saturated heterocycles. The van der Waals surface area contributed by atoms with Gasteiger partial charge in [-0.1, -0.05) is 23.7 Å². The Morgan fingerprint density at radius 1 is 1.29 bits per heavy atom. The van der Waals surface area contributed by atoms with Crippen LogP contribution in [0.15, 0.2) is 36.7 Å². The Morgan fingerprint density at radius 3 is 2.71 bits per heavy atom. The average molecular weight is 307 g/mol. The van der Waals surface area contributed by atoms with Crippen molar-refractivity contribution in [2.24, 2.45) is 0 Å². The van der Waals surface area contributed by atoms with Crippen LogP contribution in [0.4, 0.5) is 4.79 Å². The summed E-state index contributed by atoms with van der Waals surface area (Å²) in [4.78, 5) is 15.8. The van der Waals surface area contributed by atoms with Crippen LogP contribution in [0.2, 0.25) is 5.02 Å². The second-order valence-corrected chi connectivity index (χ2v) is 5.19. The third-order valence-electron chi connectivity index (χ3n) is 3.15. The summed E-state index contributed by atoms with van der Waals surface area (Å²) in [6.07, 6.45) is 4.59. The SMILES string of the molecule is Cc1nccn1CCCNC(=O)NCc1ccc(Cl)cc1. The number of urea groups is 1. The van der Waals surface area contributed by atoms with Gasteiger partial charge in [-0.05, 0) is 31.0 Å². The molecule has 2 N–H and O–H groups in total. The maximum absolute atomic E-state index is 11.6. The number of hydrogen-bond acceptors (Lipinski definition) is 2. The molecule has 0 spiro atoms. The van der Waals surface area contributed by atoms with Gasteiger partial charge in [-0.2, -0.15) is 0 Å². The Kier molecular flexibility index (Phi) is 5.63. The molecule has 0 atom stereocenters. The van der Waals surface area contributed by atoms with Crippen molar-refractivity contribution in [3.63, 3.8) is 0 Å². The number of benzene rings is 1. The van der Waals surface area contributed by atoms with E-state index in [9.17, 15) is 4.79 Å². The number of nitrogens with zero attached hydrogens (tertiary/aromatic N) is 2. The summed E-state index contributed by atoms with van der Waals surface area (Å²) in [7, 11) is 0. The van der Waals surface area contributed by atoms with Gasteiger partial charge in [0.1, 0.15) is 5.82 Å². The van der Waals surface area contributed by atoms with Crippen molar-refractivity contribution >= 4 is 17.6 Å². The van der Waals surface area contributed by atoms with E-state index in [0.29, 0.717) is 18.1 Å². The highest BCUT2D eigenvalue weighted by atomic mass is 35.5. The van der Waals surface area contributed by atoms with Crippen LogP contribution in [-0.2, 0) is 13.1 Å². The summed E-state index contributed by atoms with van der Waals surface area (Å²) in [6, 6.07) is 7.25. The van der Waals surface area contributed by atoms with E-state index in [-0.39, 0.29) is 6.03 Å². The fourth-order valence-corrected chi connectivity index (χ4v) is 2.06. The summed E-state index contributed by atoms with van der Waals surface area (Å²) < 4.78 is 2.06.